The van der Waals surface area contributed by atoms with E-state index in [4.69, 9.17) is 0 Å². The Balaban J connectivity index is 2.24. The van der Waals surface area contributed by atoms with Gasteiger partial charge in [0, 0.05) is 17.4 Å². The zero-order valence-corrected chi connectivity index (χ0v) is 10.6. The first-order valence-corrected chi connectivity index (χ1v) is 6.30. The van der Waals surface area contributed by atoms with E-state index in [2.05, 4.69) is 22.6 Å². The standard InChI is InChI=1S/C17H14N2/c1-2-8-15-14-11-6-7-12-16(14)19-17(18-15)13-9-4-3-5-10-13/h2-7,9-12H,1,8H2. The van der Waals surface area contributed by atoms with Gasteiger partial charge in [-0.3, -0.25) is 0 Å². The number of hydrogen-bond donors (Lipinski definition) is 0. The molecule has 0 spiro atoms. The quantitative estimate of drug-likeness (QED) is 0.652. The normalized spacial score (nSPS) is 10.5. The van der Waals surface area contributed by atoms with Crippen molar-refractivity contribution in [3.05, 3.63) is 72.9 Å². The Kier molecular flexibility index (Phi) is 3.07. The van der Waals surface area contributed by atoms with Gasteiger partial charge in [-0.05, 0) is 6.07 Å². The van der Waals surface area contributed by atoms with Crippen molar-refractivity contribution >= 4 is 10.9 Å². The van der Waals surface area contributed by atoms with Crippen LogP contribution in [0.4, 0.5) is 0 Å². The summed E-state index contributed by atoms with van der Waals surface area (Å²) in [5.74, 6) is 0.774. The summed E-state index contributed by atoms with van der Waals surface area (Å²) in [7, 11) is 0. The Morgan fingerprint density at radius 3 is 2.42 bits per heavy atom. The van der Waals surface area contributed by atoms with Crippen LogP contribution in [0.1, 0.15) is 5.69 Å². The molecular weight excluding hydrogens is 232 g/mol. The lowest BCUT2D eigenvalue weighted by molar-refractivity contribution is 1.10. The average Bonchev–Trinajstić information content (AvgIpc) is 2.48. The molecule has 2 nitrogen and oxygen atoms in total. The van der Waals surface area contributed by atoms with E-state index in [1.54, 1.807) is 0 Å². The van der Waals surface area contributed by atoms with Crippen molar-refractivity contribution in [1.29, 1.82) is 0 Å². The fourth-order valence-electron chi connectivity index (χ4n) is 2.15. The molecule has 2 heteroatoms. The molecule has 0 aliphatic carbocycles. The van der Waals surface area contributed by atoms with Crippen LogP contribution in [-0.4, -0.2) is 9.97 Å². The maximum Gasteiger partial charge on any atom is 0.160 e. The van der Waals surface area contributed by atoms with Crippen molar-refractivity contribution in [2.45, 2.75) is 6.42 Å². The molecule has 0 saturated carbocycles. The van der Waals surface area contributed by atoms with E-state index in [1.807, 2.05) is 54.6 Å². The van der Waals surface area contributed by atoms with Gasteiger partial charge in [-0.15, -0.1) is 6.58 Å². The molecule has 1 heterocycles. The topological polar surface area (TPSA) is 25.8 Å². The molecule has 0 aliphatic rings. The smallest absolute Gasteiger partial charge is 0.160 e. The Morgan fingerprint density at radius 1 is 0.895 bits per heavy atom. The molecule has 0 N–H and O–H groups in total. The largest absolute Gasteiger partial charge is 0.232 e. The molecule has 0 atom stereocenters. The summed E-state index contributed by atoms with van der Waals surface area (Å²) < 4.78 is 0. The molecule has 0 bridgehead atoms. The summed E-state index contributed by atoms with van der Waals surface area (Å²) >= 11 is 0. The van der Waals surface area contributed by atoms with E-state index in [0.29, 0.717) is 0 Å². The maximum absolute atomic E-state index is 4.68. The van der Waals surface area contributed by atoms with Crippen molar-refractivity contribution in [1.82, 2.24) is 9.97 Å². The number of allylic oxidation sites excluding steroid dienone is 1. The van der Waals surface area contributed by atoms with Gasteiger partial charge < -0.3 is 0 Å². The van der Waals surface area contributed by atoms with Crippen molar-refractivity contribution < 1.29 is 0 Å². The van der Waals surface area contributed by atoms with E-state index in [0.717, 1.165) is 34.4 Å². The Labute approximate surface area is 112 Å². The Morgan fingerprint density at radius 2 is 1.63 bits per heavy atom. The second-order valence-electron chi connectivity index (χ2n) is 4.37. The van der Waals surface area contributed by atoms with Crippen LogP contribution < -0.4 is 0 Å². The van der Waals surface area contributed by atoms with Crippen molar-refractivity contribution in [2.75, 3.05) is 0 Å². The summed E-state index contributed by atoms with van der Waals surface area (Å²) in [5.41, 5.74) is 3.05. The Bertz CT molecular complexity index is 718. The molecule has 2 aromatic carbocycles. The van der Waals surface area contributed by atoms with Crippen molar-refractivity contribution in [3.63, 3.8) is 0 Å². The minimum absolute atomic E-state index is 0.753. The predicted molar refractivity (Wildman–Crippen MR) is 78.9 cm³/mol. The van der Waals surface area contributed by atoms with Gasteiger partial charge in [0.25, 0.3) is 0 Å². The lowest BCUT2D eigenvalue weighted by Gasteiger charge is -2.07. The summed E-state index contributed by atoms with van der Waals surface area (Å²) in [4.78, 5) is 9.32. The van der Waals surface area contributed by atoms with Gasteiger partial charge in [-0.1, -0.05) is 54.6 Å². The van der Waals surface area contributed by atoms with Crippen LogP contribution in [0.25, 0.3) is 22.3 Å². The number of aromatic nitrogens is 2. The second-order valence-corrected chi connectivity index (χ2v) is 4.37. The zero-order chi connectivity index (χ0) is 13.1. The average molecular weight is 246 g/mol. The molecule has 3 aromatic rings. The second kappa shape index (κ2) is 5.02. The first kappa shape index (κ1) is 11.6. The van der Waals surface area contributed by atoms with E-state index < -0.39 is 0 Å². The lowest BCUT2D eigenvalue weighted by Crippen LogP contribution is -1.97. The molecule has 0 saturated heterocycles. The molecule has 92 valence electrons. The Hall–Kier alpha value is -2.48. The van der Waals surface area contributed by atoms with Crippen molar-refractivity contribution in [2.24, 2.45) is 0 Å². The summed E-state index contributed by atoms with van der Waals surface area (Å²) in [5, 5.41) is 1.10. The number of nitrogens with zero attached hydrogens (tertiary/aromatic N) is 2. The SMILES string of the molecule is C=CCc1nc(-c2ccccc2)nc2ccccc12. The maximum atomic E-state index is 4.68. The first-order valence-electron chi connectivity index (χ1n) is 6.30. The van der Waals surface area contributed by atoms with Crippen LogP contribution in [-0.2, 0) is 6.42 Å². The van der Waals surface area contributed by atoms with Gasteiger partial charge in [-0.25, -0.2) is 9.97 Å². The van der Waals surface area contributed by atoms with E-state index in [1.165, 1.54) is 0 Å². The highest BCUT2D eigenvalue weighted by molar-refractivity contribution is 5.82. The fourth-order valence-corrected chi connectivity index (χ4v) is 2.15. The van der Waals surface area contributed by atoms with Crippen LogP contribution in [0.3, 0.4) is 0 Å². The van der Waals surface area contributed by atoms with Crippen molar-refractivity contribution in [3.8, 4) is 11.4 Å². The summed E-state index contributed by atoms with van der Waals surface area (Å²) in [6, 6.07) is 18.2. The van der Waals surface area contributed by atoms with Gasteiger partial charge in [0.05, 0.1) is 11.2 Å². The minimum atomic E-state index is 0.753. The third-order valence-corrected chi connectivity index (χ3v) is 3.05. The van der Waals surface area contributed by atoms with Crippen LogP contribution >= 0.6 is 0 Å². The highest BCUT2D eigenvalue weighted by Crippen LogP contribution is 2.21. The number of fused-ring (bicyclic) bond motifs is 1. The van der Waals surface area contributed by atoms with Gasteiger partial charge in [0.1, 0.15) is 0 Å². The van der Waals surface area contributed by atoms with Crippen LogP contribution in [0, 0.1) is 0 Å². The minimum Gasteiger partial charge on any atom is -0.232 e. The highest BCUT2D eigenvalue weighted by atomic mass is 14.9. The molecule has 3 rings (SSSR count). The number of para-hydroxylation sites is 1. The highest BCUT2D eigenvalue weighted by Gasteiger charge is 2.07. The number of benzene rings is 2. The van der Waals surface area contributed by atoms with Gasteiger partial charge >= 0.3 is 0 Å². The van der Waals surface area contributed by atoms with Gasteiger partial charge in [0.15, 0.2) is 5.82 Å². The molecule has 0 aliphatic heterocycles. The van der Waals surface area contributed by atoms with Crippen LogP contribution in [0.15, 0.2) is 67.3 Å². The van der Waals surface area contributed by atoms with E-state index in [-0.39, 0.29) is 0 Å². The van der Waals surface area contributed by atoms with E-state index in [9.17, 15) is 0 Å². The van der Waals surface area contributed by atoms with Crippen LogP contribution in [0.2, 0.25) is 0 Å². The van der Waals surface area contributed by atoms with Gasteiger partial charge in [0.2, 0.25) is 0 Å². The van der Waals surface area contributed by atoms with Crippen LogP contribution in [0.5, 0.6) is 0 Å². The molecule has 0 amide bonds. The van der Waals surface area contributed by atoms with Gasteiger partial charge in [-0.2, -0.15) is 0 Å². The third-order valence-electron chi connectivity index (χ3n) is 3.05. The molecule has 19 heavy (non-hydrogen) atoms. The molecule has 0 fully saturated rings. The molecule has 0 unspecified atom stereocenters. The predicted octanol–water partition coefficient (Wildman–Crippen LogP) is 4.03. The summed E-state index contributed by atoms with van der Waals surface area (Å²) in [6.45, 7) is 3.80. The van der Waals surface area contributed by atoms with E-state index >= 15 is 0 Å². The zero-order valence-electron chi connectivity index (χ0n) is 10.6. The molecular formula is C17H14N2. The number of rotatable bonds is 3. The monoisotopic (exact) mass is 246 g/mol. The fraction of sp³-hybridized carbons (Fsp3) is 0.0588. The third kappa shape index (κ3) is 2.25. The molecule has 1 aromatic heterocycles. The molecule has 0 radical (unpaired) electrons. The summed E-state index contributed by atoms with van der Waals surface area (Å²) in [6.07, 6.45) is 2.63. The first-order chi connectivity index (χ1) is 9.38. The lowest BCUT2D eigenvalue weighted by atomic mass is 10.1. The number of hydrogen-bond acceptors (Lipinski definition) is 2.